The first-order chi connectivity index (χ1) is 9.29. The molecule has 1 heterocycles. The smallest absolute Gasteiger partial charge is 0.416 e. The number of hydrogen-bond acceptors (Lipinski definition) is 1. The molecule has 0 atom stereocenters. The Kier molecular flexibility index (Phi) is 4.08. The average molecular weight is 350 g/mol. The van der Waals surface area contributed by atoms with Crippen molar-refractivity contribution in [2.24, 2.45) is 0 Å². The minimum atomic E-state index is -4.39. The second-order valence-corrected chi connectivity index (χ2v) is 5.25. The van der Waals surface area contributed by atoms with E-state index in [1.807, 2.05) is 0 Å². The van der Waals surface area contributed by atoms with Crippen molar-refractivity contribution in [1.29, 1.82) is 0 Å². The maximum absolute atomic E-state index is 12.7. The molecule has 1 aromatic carbocycles. The molecule has 2 rings (SSSR count). The lowest BCUT2D eigenvalue weighted by molar-refractivity contribution is -0.137. The van der Waals surface area contributed by atoms with Crippen molar-refractivity contribution in [2.45, 2.75) is 12.6 Å². The summed E-state index contributed by atoms with van der Waals surface area (Å²) in [5.74, 6) is 0. The summed E-state index contributed by atoms with van der Waals surface area (Å²) >= 11 is 3.24. The number of benzene rings is 1. The molecular formula is C13H11BrF3NO2. The molecule has 7 heteroatoms. The number of amides is 1. The van der Waals surface area contributed by atoms with Gasteiger partial charge in [-0.05, 0) is 35.8 Å². The summed E-state index contributed by atoms with van der Waals surface area (Å²) in [5, 5.41) is 8.84. The Bertz CT molecular complexity index is 569. The van der Waals surface area contributed by atoms with Crippen LogP contribution in [0.5, 0.6) is 0 Å². The van der Waals surface area contributed by atoms with Crippen LogP contribution < -0.4 is 0 Å². The van der Waals surface area contributed by atoms with Crippen molar-refractivity contribution < 1.29 is 23.1 Å². The van der Waals surface area contributed by atoms with Crippen LogP contribution in [-0.2, 0) is 6.18 Å². The largest absolute Gasteiger partial charge is 0.465 e. The van der Waals surface area contributed by atoms with Gasteiger partial charge in [0.2, 0.25) is 0 Å². The van der Waals surface area contributed by atoms with Gasteiger partial charge in [0.05, 0.1) is 5.56 Å². The van der Waals surface area contributed by atoms with Crippen LogP contribution >= 0.6 is 15.9 Å². The fourth-order valence-corrected chi connectivity index (χ4v) is 2.54. The molecule has 0 saturated carbocycles. The Morgan fingerprint density at radius 1 is 1.35 bits per heavy atom. The molecule has 0 saturated heterocycles. The predicted octanol–water partition coefficient (Wildman–Crippen LogP) is 4.24. The Morgan fingerprint density at radius 2 is 2.05 bits per heavy atom. The standard InChI is InChI=1S/C13H11BrF3NO2/c14-11-2-1-9(13(15,16)17)7-10(11)8-3-5-18(6-4-8)12(19)20/h1-3,7H,4-6H2,(H,19,20). The molecule has 1 N–H and O–H groups in total. The Hall–Kier alpha value is -1.50. The van der Waals surface area contributed by atoms with Crippen LogP contribution in [0.2, 0.25) is 0 Å². The number of halogens is 4. The van der Waals surface area contributed by atoms with E-state index in [-0.39, 0.29) is 13.1 Å². The number of carbonyl (C=O) groups is 1. The molecule has 0 spiro atoms. The summed E-state index contributed by atoms with van der Waals surface area (Å²) in [5.41, 5.74) is 0.475. The Labute approximate surface area is 121 Å². The van der Waals surface area contributed by atoms with Gasteiger partial charge in [0, 0.05) is 17.6 Å². The van der Waals surface area contributed by atoms with Gasteiger partial charge in [-0.1, -0.05) is 22.0 Å². The molecule has 20 heavy (non-hydrogen) atoms. The summed E-state index contributed by atoms with van der Waals surface area (Å²) in [7, 11) is 0. The highest BCUT2D eigenvalue weighted by atomic mass is 79.9. The molecule has 1 aromatic rings. The van der Waals surface area contributed by atoms with E-state index in [1.165, 1.54) is 11.0 Å². The van der Waals surface area contributed by atoms with Crippen LogP contribution in [0.1, 0.15) is 17.5 Å². The first kappa shape index (κ1) is 14.9. The fraction of sp³-hybridized carbons (Fsp3) is 0.308. The normalized spacial score (nSPS) is 16.0. The highest BCUT2D eigenvalue weighted by Gasteiger charge is 2.31. The summed E-state index contributed by atoms with van der Waals surface area (Å²) in [6.45, 7) is 0.469. The van der Waals surface area contributed by atoms with Gasteiger partial charge in [-0.15, -0.1) is 0 Å². The summed E-state index contributed by atoms with van der Waals surface area (Å²) in [4.78, 5) is 12.0. The van der Waals surface area contributed by atoms with Gasteiger partial charge in [0.1, 0.15) is 0 Å². The molecule has 0 aromatic heterocycles. The molecule has 108 valence electrons. The van der Waals surface area contributed by atoms with Crippen LogP contribution in [0.3, 0.4) is 0 Å². The van der Waals surface area contributed by atoms with Gasteiger partial charge in [-0.2, -0.15) is 13.2 Å². The third-order valence-electron chi connectivity index (χ3n) is 3.12. The van der Waals surface area contributed by atoms with Crippen molar-refractivity contribution in [3.05, 3.63) is 39.9 Å². The maximum atomic E-state index is 12.7. The molecule has 1 aliphatic heterocycles. The quantitative estimate of drug-likeness (QED) is 0.823. The number of rotatable bonds is 1. The number of nitrogens with zero attached hydrogens (tertiary/aromatic N) is 1. The lowest BCUT2D eigenvalue weighted by Crippen LogP contribution is -2.33. The molecule has 0 fully saturated rings. The lowest BCUT2D eigenvalue weighted by atomic mass is 9.98. The molecule has 1 amide bonds. The fourth-order valence-electron chi connectivity index (χ4n) is 2.04. The SMILES string of the molecule is O=C(O)N1CC=C(c2cc(C(F)(F)F)ccc2Br)CC1. The van der Waals surface area contributed by atoms with Gasteiger partial charge >= 0.3 is 12.3 Å². The van der Waals surface area contributed by atoms with E-state index < -0.39 is 17.8 Å². The van der Waals surface area contributed by atoms with Crippen molar-refractivity contribution in [3.63, 3.8) is 0 Å². The highest BCUT2D eigenvalue weighted by molar-refractivity contribution is 9.10. The molecule has 0 unspecified atom stereocenters. The van der Waals surface area contributed by atoms with Gasteiger partial charge in [-0.25, -0.2) is 4.79 Å². The minimum absolute atomic E-state index is 0.188. The van der Waals surface area contributed by atoms with E-state index >= 15 is 0 Å². The van der Waals surface area contributed by atoms with E-state index in [2.05, 4.69) is 15.9 Å². The third kappa shape index (κ3) is 3.15. The van der Waals surface area contributed by atoms with Crippen LogP contribution in [0.25, 0.3) is 5.57 Å². The molecule has 1 aliphatic rings. The first-order valence-electron chi connectivity index (χ1n) is 5.83. The van der Waals surface area contributed by atoms with E-state index in [1.54, 1.807) is 6.08 Å². The molecule has 3 nitrogen and oxygen atoms in total. The lowest BCUT2D eigenvalue weighted by Gasteiger charge is -2.24. The molecule has 0 radical (unpaired) electrons. The van der Waals surface area contributed by atoms with E-state index in [0.717, 1.165) is 17.7 Å². The van der Waals surface area contributed by atoms with Gasteiger partial charge in [0.15, 0.2) is 0 Å². The summed E-state index contributed by atoms with van der Waals surface area (Å²) < 4.78 is 38.7. The van der Waals surface area contributed by atoms with Crippen LogP contribution in [0.4, 0.5) is 18.0 Å². The minimum Gasteiger partial charge on any atom is -0.465 e. The van der Waals surface area contributed by atoms with Crippen molar-refractivity contribution in [3.8, 4) is 0 Å². The van der Waals surface area contributed by atoms with Gasteiger partial charge in [-0.3, -0.25) is 0 Å². The molecule has 0 bridgehead atoms. The Balaban J connectivity index is 2.32. The van der Waals surface area contributed by atoms with Gasteiger partial charge < -0.3 is 10.0 Å². The molecular weight excluding hydrogens is 339 g/mol. The maximum Gasteiger partial charge on any atom is 0.416 e. The van der Waals surface area contributed by atoms with Crippen LogP contribution in [0.15, 0.2) is 28.7 Å². The number of hydrogen-bond donors (Lipinski definition) is 1. The van der Waals surface area contributed by atoms with Crippen molar-refractivity contribution >= 4 is 27.6 Å². The molecule has 0 aliphatic carbocycles. The monoisotopic (exact) mass is 349 g/mol. The number of carboxylic acid groups (broad SMARTS) is 1. The summed E-state index contributed by atoms with van der Waals surface area (Å²) in [6, 6.07) is 3.47. The zero-order chi connectivity index (χ0) is 14.9. The van der Waals surface area contributed by atoms with Crippen LogP contribution in [-0.4, -0.2) is 29.2 Å². The van der Waals surface area contributed by atoms with Crippen LogP contribution in [0, 0.1) is 0 Å². The van der Waals surface area contributed by atoms with Crippen molar-refractivity contribution in [2.75, 3.05) is 13.1 Å². The second kappa shape index (κ2) is 5.47. The number of alkyl halides is 3. The topological polar surface area (TPSA) is 40.5 Å². The zero-order valence-electron chi connectivity index (χ0n) is 10.2. The van der Waals surface area contributed by atoms with E-state index in [4.69, 9.17) is 5.11 Å². The average Bonchev–Trinajstić information content (AvgIpc) is 2.38. The van der Waals surface area contributed by atoms with E-state index in [9.17, 15) is 18.0 Å². The predicted molar refractivity (Wildman–Crippen MR) is 71.3 cm³/mol. The summed E-state index contributed by atoms with van der Waals surface area (Å²) in [6.07, 6.45) is -3.37. The van der Waals surface area contributed by atoms with Gasteiger partial charge in [0.25, 0.3) is 0 Å². The van der Waals surface area contributed by atoms with E-state index in [0.29, 0.717) is 16.5 Å². The highest BCUT2D eigenvalue weighted by Crippen LogP contribution is 2.35. The second-order valence-electron chi connectivity index (χ2n) is 4.40. The Morgan fingerprint density at radius 3 is 2.55 bits per heavy atom. The third-order valence-corrected chi connectivity index (χ3v) is 3.81. The van der Waals surface area contributed by atoms with Crippen molar-refractivity contribution in [1.82, 2.24) is 4.90 Å². The first-order valence-corrected chi connectivity index (χ1v) is 6.62. The zero-order valence-corrected chi connectivity index (χ0v) is 11.8.